The van der Waals surface area contributed by atoms with Crippen molar-refractivity contribution in [3.8, 4) is 0 Å². The van der Waals surface area contributed by atoms with Crippen LogP contribution in [-0.4, -0.2) is 19.0 Å². The van der Waals surface area contributed by atoms with Gasteiger partial charge in [-0.05, 0) is 43.7 Å². The van der Waals surface area contributed by atoms with Gasteiger partial charge in [-0.25, -0.2) is 0 Å². The van der Waals surface area contributed by atoms with Gasteiger partial charge in [0.15, 0.2) is 0 Å². The quantitative estimate of drug-likeness (QED) is 0.793. The van der Waals surface area contributed by atoms with Crippen LogP contribution in [0.15, 0.2) is 22.7 Å². The van der Waals surface area contributed by atoms with Crippen LogP contribution < -0.4 is 10.6 Å². The maximum atomic E-state index is 11.6. The van der Waals surface area contributed by atoms with Gasteiger partial charge in [-0.2, -0.15) is 0 Å². The molecule has 0 heterocycles. The number of benzene rings is 1. The Balaban J connectivity index is 2.37. The lowest BCUT2D eigenvalue weighted by atomic mass is 10.2. The van der Waals surface area contributed by atoms with Crippen molar-refractivity contribution in [1.29, 1.82) is 0 Å². The molecule has 0 aromatic heterocycles. The van der Waals surface area contributed by atoms with Crippen LogP contribution in [0.3, 0.4) is 0 Å². The zero-order chi connectivity index (χ0) is 12.7. The smallest absolute Gasteiger partial charge is 0.238 e. The molecule has 0 atom stereocenters. The number of halogens is 1. The summed E-state index contributed by atoms with van der Waals surface area (Å²) in [6.07, 6.45) is 2.24. The topological polar surface area (TPSA) is 41.1 Å². The molecule has 0 aliphatic heterocycles. The number of carbonyl (C=O) groups excluding carboxylic acids is 1. The molecule has 1 rings (SSSR count). The summed E-state index contributed by atoms with van der Waals surface area (Å²) in [5, 5.41) is 5.98. The van der Waals surface area contributed by atoms with Crippen LogP contribution in [0.1, 0.15) is 25.3 Å². The third-order valence-electron chi connectivity index (χ3n) is 2.43. The van der Waals surface area contributed by atoms with E-state index in [-0.39, 0.29) is 5.91 Å². The number of rotatable bonds is 6. The lowest BCUT2D eigenvalue weighted by molar-refractivity contribution is -0.115. The second-order valence-corrected chi connectivity index (χ2v) is 4.90. The van der Waals surface area contributed by atoms with Crippen LogP contribution >= 0.6 is 15.9 Å². The molecule has 1 aromatic rings. The average Bonchev–Trinajstić information content (AvgIpc) is 2.30. The molecule has 3 nitrogen and oxygen atoms in total. The molecule has 0 spiro atoms. The molecular formula is C13H19BrN2O. The summed E-state index contributed by atoms with van der Waals surface area (Å²) in [7, 11) is 0. The predicted molar refractivity (Wildman–Crippen MR) is 75.3 cm³/mol. The van der Waals surface area contributed by atoms with Crippen molar-refractivity contribution in [1.82, 2.24) is 5.32 Å². The summed E-state index contributed by atoms with van der Waals surface area (Å²) in [5.41, 5.74) is 1.95. The molecule has 0 aliphatic carbocycles. The number of anilines is 1. The molecule has 0 saturated carbocycles. The Morgan fingerprint density at radius 1 is 1.41 bits per heavy atom. The second kappa shape index (κ2) is 7.45. The Morgan fingerprint density at radius 3 is 2.82 bits per heavy atom. The van der Waals surface area contributed by atoms with Gasteiger partial charge in [-0.3, -0.25) is 4.79 Å². The zero-order valence-corrected chi connectivity index (χ0v) is 11.9. The van der Waals surface area contributed by atoms with E-state index < -0.39 is 0 Å². The van der Waals surface area contributed by atoms with E-state index in [1.807, 2.05) is 25.1 Å². The van der Waals surface area contributed by atoms with Gasteiger partial charge in [0.2, 0.25) is 5.91 Å². The molecule has 4 heteroatoms. The van der Waals surface area contributed by atoms with Crippen LogP contribution in [0.4, 0.5) is 5.69 Å². The van der Waals surface area contributed by atoms with E-state index in [0.717, 1.165) is 35.1 Å². The molecular weight excluding hydrogens is 280 g/mol. The first-order valence-corrected chi connectivity index (χ1v) is 6.69. The molecule has 0 unspecified atom stereocenters. The number of aryl methyl sites for hydroxylation is 1. The first-order valence-electron chi connectivity index (χ1n) is 5.90. The average molecular weight is 299 g/mol. The van der Waals surface area contributed by atoms with Gasteiger partial charge in [-0.1, -0.05) is 29.3 Å². The molecule has 0 saturated heterocycles. The van der Waals surface area contributed by atoms with Crippen molar-refractivity contribution in [2.45, 2.75) is 26.7 Å². The fraction of sp³-hybridized carbons (Fsp3) is 0.462. The summed E-state index contributed by atoms with van der Waals surface area (Å²) in [6.45, 7) is 5.39. The minimum atomic E-state index is 0.00262. The van der Waals surface area contributed by atoms with Crippen molar-refractivity contribution in [3.63, 3.8) is 0 Å². The Kier molecular flexibility index (Phi) is 6.22. The molecule has 1 aromatic carbocycles. The van der Waals surface area contributed by atoms with E-state index in [9.17, 15) is 4.79 Å². The van der Waals surface area contributed by atoms with Gasteiger partial charge >= 0.3 is 0 Å². The number of carbonyl (C=O) groups is 1. The van der Waals surface area contributed by atoms with Gasteiger partial charge in [-0.15, -0.1) is 0 Å². The summed E-state index contributed by atoms with van der Waals surface area (Å²) in [6, 6.07) is 5.78. The SMILES string of the molecule is CCCCNCC(=O)Nc1ccc(Br)c(C)c1. The summed E-state index contributed by atoms with van der Waals surface area (Å²) in [4.78, 5) is 11.6. The van der Waals surface area contributed by atoms with E-state index in [0.29, 0.717) is 6.54 Å². The minimum Gasteiger partial charge on any atom is -0.325 e. The predicted octanol–water partition coefficient (Wildman–Crippen LogP) is 3.09. The van der Waals surface area contributed by atoms with Crippen LogP contribution in [-0.2, 0) is 4.79 Å². The Hall–Kier alpha value is -0.870. The summed E-state index contributed by atoms with van der Waals surface area (Å²) >= 11 is 3.43. The van der Waals surface area contributed by atoms with Gasteiger partial charge in [0.1, 0.15) is 0 Å². The highest BCUT2D eigenvalue weighted by Crippen LogP contribution is 2.19. The normalized spacial score (nSPS) is 10.3. The second-order valence-electron chi connectivity index (χ2n) is 4.04. The van der Waals surface area contributed by atoms with Gasteiger partial charge in [0, 0.05) is 10.2 Å². The Morgan fingerprint density at radius 2 is 2.18 bits per heavy atom. The van der Waals surface area contributed by atoms with Gasteiger partial charge in [0.05, 0.1) is 6.54 Å². The van der Waals surface area contributed by atoms with E-state index in [1.165, 1.54) is 0 Å². The van der Waals surface area contributed by atoms with E-state index >= 15 is 0 Å². The first kappa shape index (κ1) is 14.2. The first-order chi connectivity index (χ1) is 8.13. The molecule has 1 amide bonds. The van der Waals surface area contributed by atoms with Crippen LogP contribution in [0, 0.1) is 6.92 Å². The number of amides is 1. The van der Waals surface area contributed by atoms with Crippen LogP contribution in [0.25, 0.3) is 0 Å². The standard InChI is InChI=1S/C13H19BrN2O/c1-3-4-7-15-9-13(17)16-11-5-6-12(14)10(2)8-11/h5-6,8,15H,3-4,7,9H2,1-2H3,(H,16,17). The molecule has 94 valence electrons. The number of hydrogen-bond acceptors (Lipinski definition) is 2. The summed E-state index contributed by atoms with van der Waals surface area (Å²) < 4.78 is 1.05. The van der Waals surface area contributed by atoms with Crippen molar-refractivity contribution >= 4 is 27.5 Å². The maximum absolute atomic E-state index is 11.6. The van der Waals surface area contributed by atoms with E-state index in [4.69, 9.17) is 0 Å². The fourth-order valence-corrected chi connectivity index (χ4v) is 1.68. The lowest BCUT2D eigenvalue weighted by Crippen LogP contribution is -2.28. The largest absolute Gasteiger partial charge is 0.325 e. The highest BCUT2D eigenvalue weighted by atomic mass is 79.9. The third-order valence-corrected chi connectivity index (χ3v) is 3.32. The molecule has 2 N–H and O–H groups in total. The Labute approximate surface area is 111 Å². The van der Waals surface area contributed by atoms with Gasteiger partial charge < -0.3 is 10.6 Å². The Bertz CT molecular complexity index is 380. The van der Waals surface area contributed by atoms with Crippen LogP contribution in [0.5, 0.6) is 0 Å². The monoisotopic (exact) mass is 298 g/mol. The molecule has 0 aliphatic rings. The number of hydrogen-bond donors (Lipinski definition) is 2. The van der Waals surface area contributed by atoms with Crippen molar-refractivity contribution < 1.29 is 4.79 Å². The maximum Gasteiger partial charge on any atom is 0.238 e. The number of nitrogens with one attached hydrogen (secondary N) is 2. The zero-order valence-electron chi connectivity index (χ0n) is 10.3. The van der Waals surface area contributed by atoms with Gasteiger partial charge in [0.25, 0.3) is 0 Å². The molecule has 0 fully saturated rings. The van der Waals surface area contributed by atoms with E-state index in [1.54, 1.807) is 0 Å². The minimum absolute atomic E-state index is 0.00262. The number of unbranched alkanes of at least 4 members (excludes halogenated alkanes) is 1. The summed E-state index contributed by atoms with van der Waals surface area (Å²) in [5.74, 6) is 0.00262. The van der Waals surface area contributed by atoms with Crippen molar-refractivity contribution in [3.05, 3.63) is 28.2 Å². The molecule has 0 radical (unpaired) electrons. The third kappa shape index (κ3) is 5.33. The van der Waals surface area contributed by atoms with Crippen molar-refractivity contribution in [2.75, 3.05) is 18.4 Å². The van der Waals surface area contributed by atoms with Crippen molar-refractivity contribution in [2.24, 2.45) is 0 Å². The van der Waals surface area contributed by atoms with E-state index in [2.05, 4.69) is 33.5 Å². The fourth-order valence-electron chi connectivity index (χ4n) is 1.43. The lowest BCUT2D eigenvalue weighted by Gasteiger charge is -2.07. The van der Waals surface area contributed by atoms with Crippen LogP contribution in [0.2, 0.25) is 0 Å². The molecule has 17 heavy (non-hydrogen) atoms. The molecule has 0 bridgehead atoms. The highest BCUT2D eigenvalue weighted by Gasteiger charge is 2.02. The highest BCUT2D eigenvalue weighted by molar-refractivity contribution is 9.10.